The van der Waals surface area contributed by atoms with Crippen molar-refractivity contribution in [3.8, 4) is 0 Å². The molecule has 90 valence electrons. The molecule has 1 aromatic carbocycles. The molecule has 0 radical (unpaired) electrons. The third kappa shape index (κ3) is 3.10. The highest BCUT2D eigenvalue weighted by molar-refractivity contribution is 5.39. The maximum absolute atomic E-state index is 2.46. The molecule has 0 saturated carbocycles. The van der Waals surface area contributed by atoms with E-state index in [1.54, 1.807) is 22.3 Å². The van der Waals surface area contributed by atoms with E-state index in [1.165, 1.54) is 12.8 Å². The van der Waals surface area contributed by atoms with Crippen molar-refractivity contribution in [2.45, 2.75) is 60.3 Å². The SMILES string of the molecule is CCc1cc(CC)c(CC(C)C)cc1CC. The maximum atomic E-state index is 2.46. The quantitative estimate of drug-likeness (QED) is 0.679. The van der Waals surface area contributed by atoms with Gasteiger partial charge in [0, 0.05) is 0 Å². The van der Waals surface area contributed by atoms with Crippen molar-refractivity contribution in [3.05, 3.63) is 34.4 Å². The molecule has 0 amide bonds. The lowest BCUT2D eigenvalue weighted by molar-refractivity contribution is 0.642. The summed E-state index contributed by atoms with van der Waals surface area (Å²) in [5, 5.41) is 0. The number of benzene rings is 1. The Bertz CT molecular complexity index is 334. The molecule has 0 fully saturated rings. The molecule has 0 aliphatic heterocycles. The minimum absolute atomic E-state index is 0.752. The Morgan fingerprint density at radius 3 is 1.50 bits per heavy atom. The van der Waals surface area contributed by atoms with Crippen LogP contribution in [-0.2, 0) is 25.7 Å². The van der Waals surface area contributed by atoms with E-state index in [0.717, 1.165) is 18.8 Å². The van der Waals surface area contributed by atoms with Crippen LogP contribution in [0.2, 0.25) is 0 Å². The number of aryl methyl sites for hydroxylation is 3. The van der Waals surface area contributed by atoms with Crippen molar-refractivity contribution in [1.29, 1.82) is 0 Å². The third-order valence-electron chi connectivity index (χ3n) is 3.29. The second-order valence-electron chi connectivity index (χ2n) is 5.05. The van der Waals surface area contributed by atoms with Gasteiger partial charge in [-0.15, -0.1) is 0 Å². The van der Waals surface area contributed by atoms with Crippen LogP contribution in [0, 0.1) is 5.92 Å². The molecule has 0 aliphatic rings. The van der Waals surface area contributed by atoms with Gasteiger partial charge in [-0.1, -0.05) is 46.8 Å². The van der Waals surface area contributed by atoms with Crippen molar-refractivity contribution >= 4 is 0 Å². The van der Waals surface area contributed by atoms with Crippen molar-refractivity contribution < 1.29 is 0 Å². The summed E-state index contributed by atoms with van der Waals surface area (Å²) in [5.74, 6) is 0.752. The van der Waals surface area contributed by atoms with Gasteiger partial charge in [-0.2, -0.15) is 0 Å². The predicted molar refractivity (Wildman–Crippen MR) is 73.1 cm³/mol. The molecule has 1 rings (SSSR count). The minimum Gasteiger partial charge on any atom is -0.0625 e. The Kier molecular flexibility index (Phi) is 5.05. The van der Waals surface area contributed by atoms with Gasteiger partial charge in [0.2, 0.25) is 0 Å². The lowest BCUT2D eigenvalue weighted by Crippen LogP contribution is -2.03. The van der Waals surface area contributed by atoms with Crippen LogP contribution in [0.25, 0.3) is 0 Å². The van der Waals surface area contributed by atoms with Crippen LogP contribution >= 0.6 is 0 Å². The Morgan fingerprint density at radius 1 is 0.750 bits per heavy atom. The van der Waals surface area contributed by atoms with E-state index >= 15 is 0 Å². The van der Waals surface area contributed by atoms with Gasteiger partial charge in [0.1, 0.15) is 0 Å². The average molecular weight is 218 g/mol. The zero-order valence-corrected chi connectivity index (χ0v) is 11.6. The van der Waals surface area contributed by atoms with Gasteiger partial charge < -0.3 is 0 Å². The summed E-state index contributed by atoms with van der Waals surface area (Å²) in [5.41, 5.74) is 6.23. The van der Waals surface area contributed by atoms with Crippen LogP contribution in [0.5, 0.6) is 0 Å². The maximum Gasteiger partial charge on any atom is -0.0253 e. The second-order valence-corrected chi connectivity index (χ2v) is 5.05. The normalized spacial score (nSPS) is 11.1. The highest BCUT2D eigenvalue weighted by atomic mass is 14.1. The second kappa shape index (κ2) is 6.08. The predicted octanol–water partition coefficient (Wildman–Crippen LogP) is 4.57. The first-order valence-corrected chi connectivity index (χ1v) is 6.75. The largest absolute Gasteiger partial charge is 0.0625 e. The van der Waals surface area contributed by atoms with Gasteiger partial charge in [-0.25, -0.2) is 0 Å². The van der Waals surface area contributed by atoms with Gasteiger partial charge in [-0.05, 0) is 53.9 Å². The molecule has 0 aliphatic carbocycles. The highest BCUT2D eigenvalue weighted by Crippen LogP contribution is 2.21. The molecule has 1 aromatic rings. The molecule has 0 aromatic heterocycles. The van der Waals surface area contributed by atoms with E-state index < -0.39 is 0 Å². The van der Waals surface area contributed by atoms with Crippen LogP contribution in [0.1, 0.15) is 56.9 Å². The Morgan fingerprint density at radius 2 is 1.12 bits per heavy atom. The van der Waals surface area contributed by atoms with Crippen molar-refractivity contribution in [1.82, 2.24) is 0 Å². The topological polar surface area (TPSA) is 0 Å². The Balaban J connectivity index is 3.15. The van der Waals surface area contributed by atoms with E-state index in [1.807, 2.05) is 0 Å². The van der Waals surface area contributed by atoms with Gasteiger partial charge in [0.15, 0.2) is 0 Å². The first-order valence-electron chi connectivity index (χ1n) is 6.75. The first kappa shape index (κ1) is 13.3. The zero-order chi connectivity index (χ0) is 12.1. The van der Waals surface area contributed by atoms with Crippen LogP contribution in [0.3, 0.4) is 0 Å². The van der Waals surface area contributed by atoms with Crippen LogP contribution < -0.4 is 0 Å². The number of hydrogen-bond acceptors (Lipinski definition) is 0. The highest BCUT2D eigenvalue weighted by Gasteiger charge is 2.08. The molecule has 16 heavy (non-hydrogen) atoms. The average Bonchev–Trinajstić information content (AvgIpc) is 2.27. The molecule has 0 heterocycles. The molecule has 0 unspecified atom stereocenters. The summed E-state index contributed by atoms with van der Waals surface area (Å²) in [6.45, 7) is 11.4. The molecular weight excluding hydrogens is 192 g/mol. The molecule has 0 bridgehead atoms. The summed E-state index contributed by atoms with van der Waals surface area (Å²) in [4.78, 5) is 0. The lowest BCUT2D eigenvalue weighted by Gasteiger charge is -2.15. The summed E-state index contributed by atoms with van der Waals surface area (Å²) in [6, 6.07) is 4.90. The monoisotopic (exact) mass is 218 g/mol. The first-order chi connectivity index (χ1) is 7.62. The van der Waals surface area contributed by atoms with Crippen molar-refractivity contribution in [2.24, 2.45) is 5.92 Å². The van der Waals surface area contributed by atoms with E-state index in [4.69, 9.17) is 0 Å². The minimum atomic E-state index is 0.752. The Hall–Kier alpha value is -0.780. The molecular formula is C16H26. The molecule has 0 nitrogen and oxygen atoms in total. The van der Waals surface area contributed by atoms with Gasteiger partial charge in [0.05, 0.1) is 0 Å². The van der Waals surface area contributed by atoms with E-state index in [9.17, 15) is 0 Å². The van der Waals surface area contributed by atoms with Gasteiger partial charge in [-0.3, -0.25) is 0 Å². The van der Waals surface area contributed by atoms with Crippen molar-refractivity contribution in [2.75, 3.05) is 0 Å². The summed E-state index contributed by atoms with van der Waals surface area (Å²) in [6.07, 6.45) is 4.72. The summed E-state index contributed by atoms with van der Waals surface area (Å²) in [7, 11) is 0. The van der Waals surface area contributed by atoms with Crippen LogP contribution in [0.4, 0.5) is 0 Å². The molecule has 0 atom stereocenters. The molecule has 0 heteroatoms. The zero-order valence-electron chi connectivity index (χ0n) is 11.6. The molecule has 0 spiro atoms. The smallest absolute Gasteiger partial charge is 0.0253 e. The summed E-state index contributed by atoms with van der Waals surface area (Å²) >= 11 is 0. The summed E-state index contributed by atoms with van der Waals surface area (Å²) < 4.78 is 0. The molecule has 0 N–H and O–H groups in total. The third-order valence-corrected chi connectivity index (χ3v) is 3.29. The fourth-order valence-corrected chi connectivity index (χ4v) is 2.41. The number of rotatable bonds is 5. The number of hydrogen-bond donors (Lipinski definition) is 0. The molecule has 0 saturated heterocycles. The standard InChI is InChI=1S/C16H26/c1-6-13-10-15(8-3)16(9-12(4)5)11-14(13)7-2/h10-12H,6-9H2,1-5H3. The van der Waals surface area contributed by atoms with E-state index in [2.05, 4.69) is 46.8 Å². The lowest BCUT2D eigenvalue weighted by atomic mass is 9.90. The van der Waals surface area contributed by atoms with Gasteiger partial charge >= 0.3 is 0 Å². The Labute approximate surface area is 101 Å². The van der Waals surface area contributed by atoms with E-state index in [-0.39, 0.29) is 0 Å². The van der Waals surface area contributed by atoms with Crippen LogP contribution in [-0.4, -0.2) is 0 Å². The van der Waals surface area contributed by atoms with E-state index in [0.29, 0.717) is 0 Å². The van der Waals surface area contributed by atoms with Crippen LogP contribution in [0.15, 0.2) is 12.1 Å². The fraction of sp³-hybridized carbons (Fsp3) is 0.625. The fourth-order valence-electron chi connectivity index (χ4n) is 2.41. The van der Waals surface area contributed by atoms with Crippen molar-refractivity contribution in [3.63, 3.8) is 0 Å². The van der Waals surface area contributed by atoms with Gasteiger partial charge in [0.25, 0.3) is 0 Å².